The molecule has 0 aliphatic heterocycles. The van der Waals surface area contributed by atoms with Gasteiger partial charge in [-0.1, -0.05) is 91.6 Å². The van der Waals surface area contributed by atoms with Crippen molar-refractivity contribution in [2.75, 3.05) is 0 Å². The van der Waals surface area contributed by atoms with Crippen molar-refractivity contribution in [1.82, 2.24) is 5.32 Å². The van der Waals surface area contributed by atoms with Crippen molar-refractivity contribution >= 4 is 26.3 Å². The van der Waals surface area contributed by atoms with E-state index in [9.17, 15) is 24.6 Å². The van der Waals surface area contributed by atoms with Crippen LogP contribution in [0.2, 0.25) is 16.6 Å². The minimum atomic E-state index is -2.56. The Kier molecular flexibility index (Phi) is 14.9. The number of amides is 1. The Morgan fingerprint density at radius 2 is 1.48 bits per heavy atom. The molecular formula is C30H51NO8Si. The summed E-state index contributed by atoms with van der Waals surface area (Å²) >= 11 is 0. The highest BCUT2D eigenvalue weighted by molar-refractivity contribution is 6.77. The highest BCUT2D eigenvalue weighted by Gasteiger charge is 2.50. The maximum Gasteiger partial charge on any atom is 0.408 e. The topological polar surface area (TPSA) is 131 Å². The number of rotatable bonds is 17. The number of hydrogen-bond donors (Lipinski definition) is 3. The number of carboxylic acids is 1. The van der Waals surface area contributed by atoms with Gasteiger partial charge in [0.15, 0.2) is 6.04 Å². The number of ether oxygens (including phenoxy) is 2. The molecule has 228 valence electrons. The number of carbonyl (C=O) groups is 3. The van der Waals surface area contributed by atoms with Gasteiger partial charge in [-0.05, 0) is 42.5 Å². The zero-order chi connectivity index (χ0) is 30.6. The largest absolute Gasteiger partial charge is 0.481 e. The first-order chi connectivity index (χ1) is 18.7. The smallest absolute Gasteiger partial charge is 0.408 e. The Bertz CT molecular complexity index is 900. The highest BCUT2D eigenvalue weighted by atomic mass is 28.4. The van der Waals surface area contributed by atoms with E-state index < -0.39 is 56.6 Å². The second kappa shape index (κ2) is 16.7. The monoisotopic (exact) mass is 581 g/mol. The fourth-order valence-corrected chi connectivity index (χ4v) is 11.2. The van der Waals surface area contributed by atoms with E-state index in [0.29, 0.717) is 12.8 Å². The molecule has 3 N–H and O–H groups in total. The molecule has 1 aromatic carbocycles. The van der Waals surface area contributed by atoms with E-state index in [-0.39, 0.29) is 23.2 Å². The predicted molar refractivity (Wildman–Crippen MR) is 157 cm³/mol. The maximum atomic E-state index is 13.2. The molecule has 0 radical (unpaired) electrons. The van der Waals surface area contributed by atoms with Crippen molar-refractivity contribution in [1.29, 1.82) is 0 Å². The van der Waals surface area contributed by atoms with Gasteiger partial charge in [-0.25, -0.2) is 9.59 Å². The van der Waals surface area contributed by atoms with Crippen LogP contribution in [-0.4, -0.2) is 60.9 Å². The molecule has 1 amide bonds. The van der Waals surface area contributed by atoms with Crippen LogP contribution in [0.3, 0.4) is 0 Å². The number of hydrogen-bond acceptors (Lipinski definition) is 7. The number of esters is 1. The summed E-state index contributed by atoms with van der Waals surface area (Å²) in [5, 5.41) is 22.9. The first-order valence-corrected chi connectivity index (χ1v) is 16.6. The van der Waals surface area contributed by atoms with Gasteiger partial charge in [0, 0.05) is 0 Å². The van der Waals surface area contributed by atoms with E-state index in [0.717, 1.165) is 12.0 Å². The van der Waals surface area contributed by atoms with Crippen LogP contribution in [0.1, 0.15) is 87.1 Å². The molecular weight excluding hydrogens is 530 g/mol. The molecule has 0 fully saturated rings. The lowest BCUT2D eigenvalue weighted by Crippen LogP contribution is -2.56. The van der Waals surface area contributed by atoms with Gasteiger partial charge >= 0.3 is 18.0 Å². The summed E-state index contributed by atoms with van der Waals surface area (Å²) in [6.45, 7) is 17.6. The van der Waals surface area contributed by atoms with Crippen molar-refractivity contribution < 1.29 is 38.5 Å². The van der Waals surface area contributed by atoms with Gasteiger partial charge in [-0.15, -0.1) is 0 Å². The Hall–Kier alpha value is -2.43. The number of carbonyl (C=O) groups excluding carboxylic acids is 2. The van der Waals surface area contributed by atoms with Crippen LogP contribution in [0.4, 0.5) is 4.79 Å². The number of unbranched alkanes of at least 4 members (excludes halogenated alkanes) is 1. The molecule has 0 aliphatic carbocycles. The van der Waals surface area contributed by atoms with Crippen LogP contribution in [-0.2, 0) is 30.1 Å². The standard InChI is InChI=1S/C30H51NO8Si/c1-10-11-17-25(28(33)34)27(39-40(19(2)3,20(4)5)21(6)7)23(9)38-29(35)26(22(8)32)31-30(36)37-18-24-15-13-12-14-16-24/h12-16,19-23,25-27,32H,10-11,17-18H2,1-9H3,(H,31,36)(H,33,34)/t22-,23+,25-,26+,27+/m0/s1. The second-order valence-electron chi connectivity index (χ2n) is 11.6. The Labute approximate surface area is 241 Å². The quantitative estimate of drug-likeness (QED) is 0.150. The molecule has 0 aliphatic rings. The average Bonchev–Trinajstić information content (AvgIpc) is 2.87. The van der Waals surface area contributed by atoms with Gasteiger partial charge in [0.25, 0.3) is 0 Å². The molecule has 40 heavy (non-hydrogen) atoms. The molecule has 0 unspecified atom stereocenters. The minimum Gasteiger partial charge on any atom is -0.481 e. The predicted octanol–water partition coefficient (Wildman–Crippen LogP) is 6.05. The van der Waals surface area contributed by atoms with E-state index in [1.807, 2.05) is 25.1 Å². The normalized spacial score (nSPS) is 15.8. The van der Waals surface area contributed by atoms with Crippen LogP contribution in [0, 0.1) is 5.92 Å². The number of carboxylic acid groups (broad SMARTS) is 1. The molecule has 9 nitrogen and oxygen atoms in total. The lowest BCUT2D eigenvalue weighted by Gasteiger charge is -2.46. The van der Waals surface area contributed by atoms with E-state index in [1.54, 1.807) is 19.1 Å². The fraction of sp³-hybridized carbons (Fsp3) is 0.700. The molecule has 0 spiro atoms. The first-order valence-electron chi connectivity index (χ1n) is 14.4. The van der Waals surface area contributed by atoms with Crippen molar-refractivity contribution in [3.63, 3.8) is 0 Å². The highest BCUT2D eigenvalue weighted by Crippen LogP contribution is 2.44. The van der Waals surface area contributed by atoms with Crippen molar-refractivity contribution in [2.45, 2.75) is 129 Å². The van der Waals surface area contributed by atoms with Crippen LogP contribution in [0.15, 0.2) is 30.3 Å². The molecule has 0 saturated heterocycles. The summed E-state index contributed by atoms with van der Waals surface area (Å²) in [4.78, 5) is 38.2. The van der Waals surface area contributed by atoms with E-state index in [4.69, 9.17) is 13.9 Å². The molecule has 1 aromatic rings. The molecule has 0 heterocycles. The van der Waals surface area contributed by atoms with Gasteiger partial charge in [-0.2, -0.15) is 0 Å². The molecule has 0 aromatic heterocycles. The summed E-state index contributed by atoms with van der Waals surface area (Å²) in [5.74, 6) is -2.78. The van der Waals surface area contributed by atoms with Crippen LogP contribution in [0.5, 0.6) is 0 Å². The number of nitrogens with one attached hydrogen (secondary N) is 1. The Morgan fingerprint density at radius 1 is 0.925 bits per heavy atom. The van der Waals surface area contributed by atoms with Crippen LogP contribution in [0.25, 0.3) is 0 Å². The van der Waals surface area contributed by atoms with E-state index in [2.05, 4.69) is 46.9 Å². The first kappa shape index (κ1) is 35.6. The van der Waals surface area contributed by atoms with E-state index in [1.165, 1.54) is 6.92 Å². The van der Waals surface area contributed by atoms with Gasteiger partial charge in [0.2, 0.25) is 8.32 Å². The number of aliphatic hydroxyl groups is 1. The third-order valence-corrected chi connectivity index (χ3v) is 13.7. The summed E-state index contributed by atoms with van der Waals surface area (Å²) in [6.07, 6.45) is -2.14. The van der Waals surface area contributed by atoms with Gasteiger partial charge in [0.05, 0.1) is 18.1 Å². The molecule has 5 atom stereocenters. The van der Waals surface area contributed by atoms with Gasteiger partial charge in [-0.3, -0.25) is 4.79 Å². The number of aliphatic carboxylic acids is 1. The summed E-state index contributed by atoms with van der Waals surface area (Å²) in [6, 6.07) is 7.64. The minimum absolute atomic E-state index is 0.00932. The molecule has 10 heteroatoms. The summed E-state index contributed by atoms with van der Waals surface area (Å²) in [5.41, 5.74) is 1.32. The molecule has 1 rings (SSSR count). The third-order valence-electron chi connectivity index (χ3n) is 7.62. The van der Waals surface area contributed by atoms with Crippen molar-refractivity contribution in [3.05, 3.63) is 35.9 Å². The lowest BCUT2D eigenvalue weighted by molar-refractivity contribution is -0.165. The summed E-state index contributed by atoms with van der Waals surface area (Å²) in [7, 11) is -2.56. The lowest BCUT2D eigenvalue weighted by atomic mass is 9.93. The molecule has 0 saturated carbocycles. The van der Waals surface area contributed by atoms with Crippen molar-refractivity contribution in [3.8, 4) is 0 Å². The number of benzene rings is 1. The van der Waals surface area contributed by atoms with E-state index >= 15 is 0 Å². The van der Waals surface area contributed by atoms with Gasteiger partial charge in [0.1, 0.15) is 12.7 Å². The fourth-order valence-electron chi connectivity index (χ4n) is 5.59. The van der Waals surface area contributed by atoms with Crippen molar-refractivity contribution in [2.24, 2.45) is 5.92 Å². The second-order valence-corrected chi connectivity index (χ2v) is 17.0. The zero-order valence-electron chi connectivity index (χ0n) is 25.7. The number of aliphatic hydroxyl groups excluding tert-OH is 1. The number of alkyl carbamates (subject to hydrolysis) is 1. The van der Waals surface area contributed by atoms with Crippen LogP contribution >= 0.6 is 0 Å². The zero-order valence-corrected chi connectivity index (χ0v) is 26.7. The van der Waals surface area contributed by atoms with Gasteiger partial charge < -0.3 is 29.4 Å². The third kappa shape index (κ3) is 9.89. The Morgan fingerprint density at radius 3 is 1.93 bits per heavy atom. The summed E-state index contributed by atoms with van der Waals surface area (Å²) < 4.78 is 17.9. The Balaban J connectivity index is 3.22. The average molecular weight is 582 g/mol. The maximum absolute atomic E-state index is 13.2. The van der Waals surface area contributed by atoms with Crippen LogP contribution < -0.4 is 5.32 Å². The SMILES string of the molecule is CCCC[C@H](C(=O)O)[C@H](O[Si](C(C)C)(C(C)C)C(C)C)[C@@H](C)OC(=O)[C@H](NC(=O)OCc1ccccc1)[C@H](C)O. The molecule has 0 bridgehead atoms.